The van der Waals surface area contributed by atoms with Gasteiger partial charge in [0.1, 0.15) is 18.0 Å². The predicted octanol–water partition coefficient (Wildman–Crippen LogP) is 3.82. The number of rotatable bonds is 6. The summed E-state index contributed by atoms with van der Waals surface area (Å²) in [6.45, 7) is 5.57. The van der Waals surface area contributed by atoms with Gasteiger partial charge >= 0.3 is 6.03 Å². The van der Waals surface area contributed by atoms with Crippen LogP contribution in [0.2, 0.25) is 0 Å². The van der Waals surface area contributed by atoms with Crippen LogP contribution in [0.5, 0.6) is 11.5 Å². The second kappa shape index (κ2) is 9.94. The highest BCUT2D eigenvalue weighted by molar-refractivity contribution is 6.03. The van der Waals surface area contributed by atoms with Gasteiger partial charge in [0.05, 0.1) is 26.0 Å². The normalized spacial score (nSPS) is 15.6. The summed E-state index contributed by atoms with van der Waals surface area (Å²) in [7, 11) is 4.82. The molecule has 0 aromatic heterocycles. The van der Waals surface area contributed by atoms with E-state index in [1.807, 2.05) is 69.3 Å². The van der Waals surface area contributed by atoms with Crippen molar-refractivity contribution in [2.75, 3.05) is 27.8 Å². The number of nitrogens with one attached hydrogen (secondary N) is 1. The van der Waals surface area contributed by atoms with Gasteiger partial charge in [-0.05, 0) is 56.7 Å². The van der Waals surface area contributed by atoms with Crippen molar-refractivity contribution in [1.82, 2.24) is 15.2 Å². The molecule has 0 bridgehead atoms. The minimum Gasteiger partial charge on any atom is -0.497 e. The number of nitrogens with zero attached hydrogens (tertiary/aromatic N) is 3. The molecule has 0 fully saturated rings. The summed E-state index contributed by atoms with van der Waals surface area (Å²) >= 11 is 0. The van der Waals surface area contributed by atoms with Gasteiger partial charge in [0.2, 0.25) is 0 Å². The van der Waals surface area contributed by atoms with E-state index in [0.717, 1.165) is 22.6 Å². The molecule has 1 heterocycles. The van der Waals surface area contributed by atoms with E-state index in [4.69, 9.17) is 9.47 Å². The molecular formula is C25H32N4O4. The maximum Gasteiger partial charge on any atom is 0.318 e. The predicted molar refractivity (Wildman–Crippen MR) is 128 cm³/mol. The summed E-state index contributed by atoms with van der Waals surface area (Å²) < 4.78 is 10.8. The molecular weight excluding hydrogens is 420 g/mol. The largest absolute Gasteiger partial charge is 0.497 e. The number of urea groups is 1. The fourth-order valence-electron chi connectivity index (χ4n) is 3.65. The van der Waals surface area contributed by atoms with Crippen molar-refractivity contribution >= 4 is 17.6 Å². The number of amides is 3. The lowest BCUT2D eigenvalue weighted by Crippen LogP contribution is -2.49. The Kier molecular flexibility index (Phi) is 7.26. The summed E-state index contributed by atoms with van der Waals surface area (Å²) in [4.78, 5) is 27.2. The summed E-state index contributed by atoms with van der Waals surface area (Å²) in [5.41, 5.74) is 2.15. The number of methoxy groups -OCH3 is 2. The monoisotopic (exact) mass is 452 g/mol. The SMILES string of the molecule is COc1ccc(C2=NN(C(=O)CN(C)C(=O)NC(C)(C)C)[C@H](c3ccccc3OC)C2)cc1. The molecule has 1 atom stereocenters. The van der Waals surface area contributed by atoms with E-state index in [0.29, 0.717) is 12.2 Å². The molecule has 0 spiro atoms. The van der Waals surface area contributed by atoms with Crippen LogP contribution in [-0.4, -0.2) is 60.9 Å². The van der Waals surface area contributed by atoms with Crippen LogP contribution in [0.1, 0.15) is 44.4 Å². The molecule has 3 amide bonds. The Labute approximate surface area is 195 Å². The van der Waals surface area contributed by atoms with E-state index >= 15 is 0 Å². The fourth-order valence-corrected chi connectivity index (χ4v) is 3.65. The second-order valence-electron chi connectivity index (χ2n) is 9.01. The third kappa shape index (κ3) is 5.83. The average Bonchev–Trinajstić information content (AvgIpc) is 3.23. The van der Waals surface area contributed by atoms with Crippen LogP contribution in [0, 0.1) is 0 Å². The maximum absolute atomic E-state index is 13.3. The molecule has 0 saturated heterocycles. The average molecular weight is 453 g/mol. The Morgan fingerprint density at radius 3 is 2.36 bits per heavy atom. The van der Waals surface area contributed by atoms with E-state index in [1.54, 1.807) is 21.3 Å². The van der Waals surface area contributed by atoms with Gasteiger partial charge in [-0.3, -0.25) is 4.79 Å². The van der Waals surface area contributed by atoms with Gasteiger partial charge in [0.25, 0.3) is 5.91 Å². The van der Waals surface area contributed by atoms with Crippen molar-refractivity contribution in [2.45, 2.75) is 38.8 Å². The zero-order valence-corrected chi connectivity index (χ0v) is 20.1. The molecule has 1 N–H and O–H groups in total. The zero-order valence-electron chi connectivity index (χ0n) is 20.1. The van der Waals surface area contributed by atoms with Crippen LogP contribution in [0.4, 0.5) is 4.79 Å². The number of hydrogen-bond acceptors (Lipinski definition) is 5. The van der Waals surface area contributed by atoms with Crippen molar-refractivity contribution < 1.29 is 19.1 Å². The Bertz CT molecular complexity index is 1030. The van der Waals surface area contributed by atoms with Crippen LogP contribution in [-0.2, 0) is 4.79 Å². The summed E-state index contributed by atoms with van der Waals surface area (Å²) in [5, 5.41) is 9.02. The molecule has 33 heavy (non-hydrogen) atoms. The molecule has 8 nitrogen and oxygen atoms in total. The first-order chi connectivity index (χ1) is 15.6. The van der Waals surface area contributed by atoms with Gasteiger partial charge in [0, 0.05) is 24.6 Å². The topological polar surface area (TPSA) is 83.5 Å². The molecule has 0 unspecified atom stereocenters. The number of carbonyl (C=O) groups excluding carboxylic acids is 2. The molecule has 1 aliphatic rings. The summed E-state index contributed by atoms with van der Waals surface area (Å²) in [6, 6.07) is 14.5. The number of ether oxygens (including phenoxy) is 2. The van der Waals surface area contributed by atoms with Crippen molar-refractivity contribution in [3.05, 3.63) is 59.7 Å². The number of hydrazone groups is 1. The molecule has 0 saturated carbocycles. The van der Waals surface area contributed by atoms with Crippen molar-refractivity contribution in [3.63, 3.8) is 0 Å². The van der Waals surface area contributed by atoms with Gasteiger partial charge in [-0.1, -0.05) is 18.2 Å². The van der Waals surface area contributed by atoms with Gasteiger partial charge in [0.15, 0.2) is 0 Å². The number of para-hydroxylation sites is 1. The van der Waals surface area contributed by atoms with Crippen LogP contribution in [0.15, 0.2) is 53.6 Å². The molecule has 0 radical (unpaired) electrons. The van der Waals surface area contributed by atoms with Gasteiger partial charge in [-0.25, -0.2) is 9.80 Å². The highest BCUT2D eigenvalue weighted by Crippen LogP contribution is 2.37. The first kappa shape index (κ1) is 24.1. The lowest BCUT2D eigenvalue weighted by Gasteiger charge is -2.28. The molecule has 0 aliphatic carbocycles. The second-order valence-corrected chi connectivity index (χ2v) is 9.01. The quantitative estimate of drug-likeness (QED) is 0.722. The van der Waals surface area contributed by atoms with Gasteiger partial charge < -0.3 is 19.7 Å². The Morgan fingerprint density at radius 1 is 1.09 bits per heavy atom. The van der Waals surface area contributed by atoms with E-state index < -0.39 is 5.54 Å². The van der Waals surface area contributed by atoms with Crippen LogP contribution >= 0.6 is 0 Å². The molecule has 8 heteroatoms. The standard InChI is InChI=1S/C25H32N4O4/c1-25(2,3)26-24(31)28(4)16-23(30)29-21(19-9-7-8-10-22(19)33-6)15-20(27-29)17-11-13-18(32-5)14-12-17/h7-14,21H,15-16H2,1-6H3,(H,26,31)/t21-/m0/s1. The zero-order chi connectivity index (χ0) is 24.2. The van der Waals surface area contributed by atoms with E-state index in [2.05, 4.69) is 10.4 Å². The van der Waals surface area contributed by atoms with Crippen molar-refractivity contribution in [3.8, 4) is 11.5 Å². The van der Waals surface area contributed by atoms with Gasteiger partial charge in [-0.15, -0.1) is 0 Å². The maximum atomic E-state index is 13.3. The molecule has 3 rings (SSSR count). The lowest BCUT2D eigenvalue weighted by molar-refractivity contribution is -0.133. The van der Waals surface area contributed by atoms with E-state index in [1.165, 1.54) is 9.91 Å². The summed E-state index contributed by atoms with van der Waals surface area (Å²) in [5.74, 6) is 1.16. The number of benzene rings is 2. The fraction of sp³-hybridized carbons (Fsp3) is 0.400. The van der Waals surface area contributed by atoms with Gasteiger partial charge in [-0.2, -0.15) is 5.10 Å². The highest BCUT2D eigenvalue weighted by Gasteiger charge is 2.35. The Hall–Kier alpha value is -3.55. The Balaban J connectivity index is 1.89. The van der Waals surface area contributed by atoms with Crippen LogP contribution in [0.25, 0.3) is 0 Å². The lowest BCUT2D eigenvalue weighted by atomic mass is 9.97. The molecule has 2 aromatic rings. The smallest absolute Gasteiger partial charge is 0.318 e. The summed E-state index contributed by atoms with van der Waals surface area (Å²) in [6.07, 6.45) is 0.524. The van der Waals surface area contributed by atoms with Crippen molar-refractivity contribution in [2.24, 2.45) is 5.10 Å². The first-order valence-corrected chi connectivity index (χ1v) is 10.8. The van der Waals surface area contributed by atoms with Crippen LogP contribution < -0.4 is 14.8 Å². The number of hydrogen-bond donors (Lipinski definition) is 1. The molecule has 2 aromatic carbocycles. The van der Waals surface area contributed by atoms with Crippen molar-refractivity contribution in [1.29, 1.82) is 0 Å². The minimum atomic E-state index is -0.401. The van der Waals surface area contributed by atoms with E-state index in [9.17, 15) is 9.59 Å². The third-order valence-electron chi connectivity index (χ3n) is 5.29. The molecule has 1 aliphatic heterocycles. The highest BCUT2D eigenvalue weighted by atomic mass is 16.5. The minimum absolute atomic E-state index is 0.104. The Morgan fingerprint density at radius 2 is 1.76 bits per heavy atom. The van der Waals surface area contributed by atoms with E-state index in [-0.39, 0.29) is 24.5 Å². The first-order valence-electron chi connectivity index (χ1n) is 10.8. The third-order valence-corrected chi connectivity index (χ3v) is 5.29. The molecule has 176 valence electrons. The van der Waals surface area contributed by atoms with Crippen LogP contribution in [0.3, 0.4) is 0 Å². The number of likely N-dealkylation sites (N-methyl/N-ethyl adjacent to an activating group) is 1. The number of carbonyl (C=O) groups is 2.